The highest BCUT2D eigenvalue weighted by molar-refractivity contribution is 7.18. The number of guanidine groups is 1. The third kappa shape index (κ3) is 5.55. The van der Waals surface area contributed by atoms with Crippen LogP contribution in [-0.2, 0) is 18.4 Å². The first kappa shape index (κ1) is 20.3. The number of para-hydroxylation sites is 1. The second kappa shape index (κ2) is 9.19. The van der Waals surface area contributed by atoms with E-state index in [1.165, 1.54) is 9.71 Å². The van der Waals surface area contributed by atoms with Crippen molar-refractivity contribution in [2.45, 2.75) is 52.5 Å². The van der Waals surface area contributed by atoms with E-state index in [0.717, 1.165) is 43.2 Å². The van der Waals surface area contributed by atoms with Crippen LogP contribution >= 0.6 is 11.3 Å². The van der Waals surface area contributed by atoms with Gasteiger partial charge in [-0.25, -0.2) is 15.0 Å². The first-order chi connectivity index (χ1) is 13.5. The maximum atomic E-state index is 5.81. The molecule has 1 aromatic carbocycles. The molecule has 28 heavy (non-hydrogen) atoms. The van der Waals surface area contributed by atoms with E-state index >= 15 is 0 Å². The van der Waals surface area contributed by atoms with Crippen LogP contribution in [0.25, 0.3) is 10.2 Å². The van der Waals surface area contributed by atoms with Crippen molar-refractivity contribution in [3.05, 3.63) is 47.1 Å². The van der Waals surface area contributed by atoms with Crippen LogP contribution in [0.4, 0.5) is 0 Å². The fourth-order valence-corrected chi connectivity index (χ4v) is 3.70. The molecule has 0 aliphatic rings. The lowest BCUT2D eigenvalue weighted by Gasteiger charge is -2.13. The summed E-state index contributed by atoms with van der Waals surface area (Å²) in [6.07, 6.45) is 3.75. The Hall–Kier alpha value is -2.41. The Kier molecular flexibility index (Phi) is 6.67. The molecule has 3 aromatic rings. The number of hydrogen-bond donors (Lipinski definition) is 2. The molecular weight excluding hydrogens is 370 g/mol. The van der Waals surface area contributed by atoms with Crippen molar-refractivity contribution < 1.29 is 4.42 Å². The fraction of sp³-hybridized carbons (Fsp3) is 0.476. The lowest BCUT2D eigenvalue weighted by Crippen LogP contribution is -2.37. The molecule has 0 unspecified atom stereocenters. The van der Waals surface area contributed by atoms with Gasteiger partial charge in [0.05, 0.1) is 21.4 Å². The number of nitrogens with one attached hydrogen (secondary N) is 2. The van der Waals surface area contributed by atoms with Gasteiger partial charge in [0, 0.05) is 24.9 Å². The zero-order valence-electron chi connectivity index (χ0n) is 17.1. The van der Waals surface area contributed by atoms with Gasteiger partial charge in [-0.05, 0) is 25.5 Å². The molecule has 0 saturated carbocycles. The lowest BCUT2D eigenvalue weighted by molar-refractivity contribution is 0.383. The molecular formula is C21H29N5OS. The average molecular weight is 400 g/mol. The average Bonchev–Trinajstić information content (AvgIpc) is 3.29. The molecule has 2 N–H and O–H groups in total. The first-order valence-electron chi connectivity index (χ1n) is 9.77. The number of hydrogen-bond acceptors (Lipinski definition) is 5. The van der Waals surface area contributed by atoms with Crippen LogP contribution in [0.1, 0.15) is 50.8 Å². The van der Waals surface area contributed by atoms with E-state index in [-0.39, 0.29) is 5.41 Å². The molecule has 0 fully saturated rings. The third-order valence-electron chi connectivity index (χ3n) is 4.21. The number of nitrogens with zero attached hydrogens (tertiary/aromatic N) is 3. The van der Waals surface area contributed by atoms with Crippen LogP contribution in [0.5, 0.6) is 0 Å². The van der Waals surface area contributed by atoms with Crippen molar-refractivity contribution in [1.29, 1.82) is 0 Å². The Morgan fingerprint density at radius 3 is 2.75 bits per heavy atom. The maximum Gasteiger partial charge on any atom is 0.216 e. The third-order valence-corrected chi connectivity index (χ3v) is 5.30. The van der Waals surface area contributed by atoms with E-state index in [0.29, 0.717) is 12.4 Å². The molecule has 2 aromatic heterocycles. The summed E-state index contributed by atoms with van der Waals surface area (Å²) in [5, 5.41) is 7.82. The summed E-state index contributed by atoms with van der Waals surface area (Å²) in [5.74, 6) is 2.30. The van der Waals surface area contributed by atoms with Gasteiger partial charge in [0.25, 0.3) is 0 Å². The molecule has 0 spiro atoms. The van der Waals surface area contributed by atoms with E-state index in [1.807, 2.05) is 6.07 Å². The molecule has 6 nitrogen and oxygen atoms in total. The van der Waals surface area contributed by atoms with E-state index < -0.39 is 0 Å². The molecule has 0 bridgehead atoms. The van der Waals surface area contributed by atoms with E-state index in [2.05, 4.69) is 71.5 Å². The summed E-state index contributed by atoms with van der Waals surface area (Å²) in [7, 11) is 0. The highest BCUT2D eigenvalue weighted by Gasteiger charge is 2.19. The minimum absolute atomic E-state index is 0.0433. The van der Waals surface area contributed by atoms with Gasteiger partial charge in [-0.3, -0.25) is 0 Å². The smallest absolute Gasteiger partial charge is 0.216 e. The minimum Gasteiger partial charge on any atom is -0.443 e. The highest BCUT2D eigenvalue weighted by Crippen LogP contribution is 2.23. The van der Waals surface area contributed by atoms with Gasteiger partial charge in [-0.2, -0.15) is 0 Å². The molecule has 7 heteroatoms. The predicted molar refractivity (Wildman–Crippen MR) is 116 cm³/mol. The summed E-state index contributed by atoms with van der Waals surface area (Å²) in [4.78, 5) is 13.6. The van der Waals surface area contributed by atoms with E-state index in [9.17, 15) is 0 Å². The molecule has 0 atom stereocenters. The second-order valence-corrected chi connectivity index (χ2v) is 8.78. The predicted octanol–water partition coefficient (Wildman–Crippen LogP) is 4.27. The minimum atomic E-state index is -0.0433. The van der Waals surface area contributed by atoms with Gasteiger partial charge in [0.15, 0.2) is 5.96 Å². The van der Waals surface area contributed by atoms with E-state index in [4.69, 9.17) is 4.42 Å². The summed E-state index contributed by atoms with van der Waals surface area (Å²) < 4.78 is 7.06. The standard InChI is InChI=1S/C21H29N5OS/c1-5-22-20(25-14-18-24-13-17(27-18)21(2,3)4)23-12-8-11-19-26-15-9-6-7-10-16(15)28-19/h6-7,9-10,13H,5,8,11-12,14H2,1-4H3,(H2,22,23,25). The molecule has 0 aliphatic heterocycles. The number of thiazole rings is 1. The van der Waals surface area contributed by atoms with Crippen LogP contribution in [-0.4, -0.2) is 29.0 Å². The monoisotopic (exact) mass is 399 g/mol. The van der Waals surface area contributed by atoms with Crippen LogP contribution in [0.15, 0.2) is 39.9 Å². The topological polar surface area (TPSA) is 75.3 Å². The summed E-state index contributed by atoms with van der Waals surface area (Å²) in [6, 6.07) is 8.28. The summed E-state index contributed by atoms with van der Waals surface area (Å²) in [5.41, 5.74) is 1.05. The Labute approximate surface area is 170 Å². The van der Waals surface area contributed by atoms with Gasteiger partial charge < -0.3 is 15.1 Å². The Morgan fingerprint density at radius 1 is 1.21 bits per heavy atom. The maximum absolute atomic E-state index is 5.81. The van der Waals surface area contributed by atoms with Crippen LogP contribution < -0.4 is 10.6 Å². The zero-order valence-corrected chi connectivity index (χ0v) is 17.9. The van der Waals surface area contributed by atoms with Gasteiger partial charge >= 0.3 is 0 Å². The molecule has 0 amide bonds. The van der Waals surface area contributed by atoms with Crippen molar-refractivity contribution >= 4 is 27.5 Å². The van der Waals surface area contributed by atoms with Gasteiger partial charge in [0.1, 0.15) is 12.3 Å². The second-order valence-electron chi connectivity index (χ2n) is 7.67. The van der Waals surface area contributed by atoms with Crippen molar-refractivity contribution in [2.24, 2.45) is 4.99 Å². The molecule has 3 rings (SSSR count). The lowest BCUT2D eigenvalue weighted by atomic mass is 9.94. The van der Waals surface area contributed by atoms with Gasteiger partial charge in [-0.15, -0.1) is 11.3 Å². The number of aromatic nitrogens is 2. The zero-order chi connectivity index (χ0) is 20.0. The number of aliphatic imine (C=N–C) groups is 1. The number of rotatable bonds is 7. The Bertz CT molecular complexity index is 889. The van der Waals surface area contributed by atoms with Crippen molar-refractivity contribution in [3.63, 3.8) is 0 Å². The molecule has 2 heterocycles. The summed E-state index contributed by atoms with van der Waals surface area (Å²) >= 11 is 1.77. The highest BCUT2D eigenvalue weighted by atomic mass is 32.1. The number of benzene rings is 1. The van der Waals surface area contributed by atoms with Gasteiger partial charge in [-0.1, -0.05) is 32.9 Å². The van der Waals surface area contributed by atoms with Crippen LogP contribution in [0.2, 0.25) is 0 Å². The molecule has 150 valence electrons. The quantitative estimate of drug-likeness (QED) is 0.352. The van der Waals surface area contributed by atoms with E-state index in [1.54, 1.807) is 17.5 Å². The Morgan fingerprint density at radius 2 is 2.04 bits per heavy atom. The molecule has 0 aliphatic carbocycles. The fourth-order valence-electron chi connectivity index (χ4n) is 2.69. The van der Waals surface area contributed by atoms with Gasteiger partial charge in [0.2, 0.25) is 5.89 Å². The first-order valence-corrected chi connectivity index (χ1v) is 10.6. The largest absolute Gasteiger partial charge is 0.443 e. The summed E-state index contributed by atoms with van der Waals surface area (Å²) in [6.45, 7) is 10.4. The SMILES string of the molecule is CCNC(=NCc1ncc(C(C)(C)C)o1)NCCCc1nc2ccccc2s1. The van der Waals surface area contributed by atoms with Crippen molar-refractivity contribution in [3.8, 4) is 0 Å². The normalized spacial score (nSPS) is 12.5. The van der Waals surface area contributed by atoms with Crippen LogP contribution in [0.3, 0.4) is 0 Å². The Balaban J connectivity index is 1.49. The molecule has 0 radical (unpaired) electrons. The van der Waals surface area contributed by atoms with Crippen LogP contribution in [0, 0.1) is 0 Å². The van der Waals surface area contributed by atoms with Crippen molar-refractivity contribution in [1.82, 2.24) is 20.6 Å². The number of aryl methyl sites for hydroxylation is 1. The number of fused-ring (bicyclic) bond motifs is 1. The number of oxazole rings is 1. The molecule has 0 saturated heterocycles. The van der Waals surface area contributed by atoms with Crippen molar-refractivity contribution in [2.75, 3.05) is 13.1 Å².